The largest absolute Gasteiger partial charge is 0.493 e. The van der Waals surface area contributed by atoms with E-state index in [0.717, 1.165) is 74.6 Å². The van der Waals surface area contributed by atoms with Crippen molar-refractivity contribution in [3.05, 3.63) is 35.9 Å². The number of aliphatic hydroxyl groups is 1. The van der Waals surface area contributed by atoms with Crippen LogP contribution in [0.1, 0.15) is 95.1 Å². The van der Waals surface area contributed by atoms with Crippen LogP contribution in [0.4, 0.5) is 0 Å². The molecule has 1 amide bonds. The van der Waals surface area contributed by atoms with Crippen LogP contribution in [0.2, 0.25) is 0 Å². The van der Waals surface area contributed by atoms with Crippen molar-refractivity contribution in [1.29, 1.82) is 0 Å². The van der Waals surface area contributed by atoms with Gasteiger partial charge in [0.2, 0.25) is 5.91 Å². The maximum absolute atomic E-state index is 12.9. The number of unbranched alkanes of at least 4 members (excludes halogenated alkanes) is 2. The normalized spacial score (nSPS) is 35.2. The van der Waals surface area contributed by atoms with Crippen molar-refractivity contribution in [2.75, 3.05) is 20.2 Å². The zero-order valence-corrected chi connectivity index (χ0v) is 24.1. The molecule has 2 N–H and O–H groups in total. The lowest BCUT2D eigenvalue weighted by Crippen LogP contribution is -2.59. The molecule has 6 aliphatic rings. The minimum absolute atomic E-state index is 0.130. The molecule has 6 nitrogen and oxygen atoms in total. The molecule has 4 bridgehead atoms. The highest BCUT2D eigenvalue weighted by molar-refractivity contribution is 5.76. The predicted octanol–water partition coefficient (Wildman–Crippen LogP) is 5.50. The van der Waals surface area contributed by atoms with Crippen molar-refractivity contribution >= 4 is 5.91 Å². The predicted molar refractivity (Wildman–Crippen MR) is 153 cm³/mol. The fourth-order valence-corrected chi connectivity index (χ4v) is 9.40. The van der Waals surface area contributed by atoms with E-state index in [1.165, 1.54) is 49.7 Å². The average Bonchev–Trinajstić information content (AvgIpc) is 3.09. The first-order chi connectivity index (χ1) is 18.8. The van der Waals surface area contributed by atoms with Crippen LogP contribution in [0.5, 0.6) is 11.5 Å². The van der Waals surface area contributed by atoms with Crippen molar-refractivity contribution in [3.8, 4) is 11.5 Å². The van der Waals surface area contributed by atoms with E-state index in [2.05, 4.69) is 28.9 Å². The number of aliphatic hydroxyl groups excluding tert-OH is 1. The minimum atomic E-state index is -0.449. The molecule has 4 saturated carbocycles. The Labute approximate surface area is 234 Å². The summed E-state index contributed by atoms with van der Waals surface area (Å²) in [6, 6.07) is 4.19. The summed E-state index contributed by atoms with van der Waals surface area (Å²) in [5.41, 5.74) is 2.28. The van der Waals surface area contributed by atoms with E-state index in [1.54, 1.807) is 7.11 Å². The van der Waals surface area contributed by atoms with E-state index in [4.69, 9.17) is 9.47 Å². The number of benzene rings is 1. The third-order valence-corrected chi connectivity index (χ3v) is 10.7. The Morgan fingerprint density at radius 3 is 2.56 bits per heavy atom. The molecule has 0 aromatic heterocycles. The molecule has 4 fully saturated rings. The van der Waals surface area contributed by atoms with Gasteiger partial charge in [0, 0.05) is 30.5 Å². The summed E-state index contributed by atoms with van der Waals surface area (Å²) in [4.78, 5) is 15.4. The molecule has 4 aliphatic carbocycles. The van der Waals surface area contributed by atoms with Gasteiger partial charge in [0.05, 0.1) is 18.6 Å². The van der Waals surface area contributed by atoms with Crippen LogP contribution in [-0.4, -0.2) is 53.9 Å². The summed E-state index contributed by atoms with van der Waals surface area (Å²) >= 11 is 0. The monoisotopic (exact) mass is 536 g/mol. The summed E-state index contributed by atoms with van der Waals surface area (Å²) in [6.45, 7) is 8.93. The smallest absolute Gasteiger partial charge is 0.220 e. The van der Waals surface area contributed by atoms with Gasteiger partial charge in [0.25, 0.3) is 0 Å². The summed E-state index contributed by atoms with van der Waals surface area (Å²) in [7, 11) is 1.69. The fourth-order valence-electron chi connectivity index (χ4n) is 9.40. The van der Waals surface area contributed by atoms with Gasteiger partial charge in [-0.15, -0.1) is 6.58 Å². The zero-order valence-electron chi connectivity index (χ0n) is 24.1. The zero-order chi connectivity index (χ0) is 27.2. The van der Waals surface area contributed by atoms with Crippen LogP contribution in [0.15, 0.2) is 24.8 Å². The highest BCUT2D eigenvalue weighted by Crippen LogP contribution is 2.56. The number of methoxy groups -OCH3 is 1. The van der Waals surface area contributed by atoms with Gasteiger partial charge in [-0.3, -0.25) is 9.69 Å². The summed E-state index contributed by atoms with van der Waals surface area (Å²) in [5.74, 6) is 4.45. The van der Waals surface area contributed by atoms with E-state index >= 15 is 0 Å². The topological polar surface area (TPSA) is 71.0 Å². The standard InChI is InChI=1S/C33H48N2O4/c1-4-33-11-13-35(21-26-9-10-27(38-3)31(30(26)33)39-28(33)14-22(2)36)12-7-5-6-8-29(37)34-32-18-23-15-24(19-32)17-25(16-23)20-32/h4,9-10,22-25,28,36H,1,5-8,11-21H2,2-3H3,(H,34,37)/t22-,23?,24?,25?,28-,32?,33-/m0/s1. The Bertz CT molecular complexity index is 1050. The second kappa shape index (κ2) is 10.7. The van der Waals surface area contributed by atoms with Crippen molar-refractivity contribution in [2.24, 2.45) is 17.8 Å². The molecular formula is C33H48N2O4. The lowest BCUT2D eigenvalue weighted by atomic mass is 9.53. The maximum Gasteiger partial charge on any atom is 0.220 e. The molecule has 1 aromatic rings. The summed E-state index contributed by atoms with van der Waals surface area (Å²) in [5, 5.41) is 13.8. The molecule has 2 heterocycles. The quantitative estimate of drug-likeness (QED) is 0.289. The Kier molecular flexibility index (Phi) is 7.47. The van der Waals surface area contributed by atoms with Crippen LogP contribution in [0.3, 0.4) is 0 Å². The van der Waals surface area contributed by atoms with Gasteiger partial charge in [0.1, 0.15) is 6.10 Å². The first-order valence-electron chi connectivity index (χ1n) is 15.5. The van der Waals surface area contributed by atoms with Crippen LogP contribution in [-0.2, 0) is 16.8 Å². The van der Waals surface area contributed by atoms with Crippen LogP contribution in [0.25, 0.3) is 0 Å². The summed E-state index contributed by atoms with van der Waals surface area (Å²) in [6.07, 6.45) is 14.6. The van der Waals surface area contributed by atoms with E-state index in [-0.39, 0.29) is 23.0 Å². The van der Waals surface area contributed by atoms with Gasteiger partial charge in [-0.1, -0.05) is 18.6 Å². The highest BCUT2D eigenvalue weighted by Gasteiger charge is 2.52. The molecule has 3 atom stereocenters. The van der Waals surface area contributed by atoms with Gasteiger partial charge in [-0.25, -0.2) is 0 Å². The lowest BCUT2D eigenvalue weighted by molar-refractivity contribution is -0.127. The molecule has 1 aromatic carbocycles. The van der Waals surface area contributed by atoms with Gasteiger partial charge >= 0.3 is 0 Å². The molecule has 0 saturated heterocycles. The maximum atomic E-state index is 12.9. The lowest BCUT2D eigenvalue weighted by Gasteiger charge is -2.56. The van der Waals surface area contributed by atoms with E-state index in [0.29, 0.717) is 12.8 Å². The van der Waals surface area contributed by atoms with Gasteiger partial charge < -0.3 is 19.9 Å². The summed E-state index contributed by atoms with van der Waals surface area (Å²) < 4.78 is 12.1. The van der Waals surface area contributed by atoms with Gasteiger partial charge in [-0.2, -0.15) is 0 Å². The first kappa shape index (κ1) is 27.1. The number of hydrogen-bond acceptors (Lipinski definition) is 5. The number of nitrogens with zero attached hydrogens (tertiary/aromatic N) is 1. The Morgan fingerprint density at radius 2 is 1.92 bits per heavy atom. The van der Waals surface area contributed by atoms with Crippen molar-refractivity contribution in [2.45, 2.75) is 114 Å². The molecular weight excluding hydrogens is 488 g/mol. The van der Waals surface area contributed by atoms with E-state index < -0.39 is 6.10 Å². The molecule has 0 radical (unpaired) electrons. The van der Waals surface area contributed by atoms with Gasteiger partial charge in [0.15, 0.2) is 11.5 Å². The van der Waals surface area contributed by atoms with Crippen LogP contribution < -0.4 is 14.8 Å². The third kappa shape index (κ3) is 5.12. The van der Waals surface area contributed by atoms with E-state index in [9.17, 15) is 9.90 Å². The Morgan fingerprint density at radius 1 is 1.21 bits per heavy atom. The number of rotatable bonds is 11. The molecule has 0 unspecified atom stereocenters. The Hall–Kier alpha value is -2.05. The number of carbonyl (C=O) groups excluding carboxylic acids is 1. The third-order valence-electron chi connectivity index (χ3n) is 10.7. The highest BCUT2D eigenvalue weighted by atomic mass is 16.5. The van der Waals surface area contributed by atoms with Crippen molar-refractivity contribution in [3.63, 3.8) is 0 Å². The number of amides is 1. The molecule has 0 spiro atoms. The van der Waals surface area contributed by atoms with Crippen LogP contribution >= 0.6 is 0 Å². The minimum Gasteiger partial charge on any atom is -0.493 e. The number of hydrogen-bond donors (Lipinski definition) is 2. The number of nitrogens with one attached hydrogen (secondary N) is 1. The second-order valence-corrected chi connectivity index (χ2v) is 13.6. The fraction of sp³-hybridized carbons (Fsp3) is 0.727. The molecule has 6 heteroatoms. The number of carbonyl (C=O) groups is 1. The van der Waals surface area contributed by atoms with Crippen LogP contribution in [0, 0.1) is 17.8 Å². The van der Waals surface area contributed by atoms with Crippen molar-refractivity contribution < 1.29 is 19.4 Å². The molecule has 39 heavy (non-hydrogen) atoms. The first-order valence-corrected chi connectivity index (χ1v) is 15.5. The van der Waals surface area contributed by atoms with Gasteiger partial charge in [-0.05, 0) is 107 Å². The Balaban J connectivity index is 1.02. The average molecular weight is 537 g/mol. The SMILES string of the molecule is C=C[C@@]12CCN(CCCCCC(=O)NC34CC5CC(CC(C5)C3)C4)Cc3ccc(OC)c(c31)O[C@H]2C[C@H](C)O. The van der Waals surface area contributed by atoms with E-state index in [1.807, 2.05) is 13.0 Å². The second-order valence-electron chi connectivity index (χ2n) is 13.6. The molecule has 214 valence electrons. The van der Waals surface area contributed by atoms with Crippen molar-refractivity contribution in [1.82, 2.24) is 10.2 Å². The molecule has 2 aliphatic heterocycles. The molecule has 7 rings (SSSR count). The number of ether oxygens (including phenoxy) is 2.